The molecule has 0 bridgehead atoms. The predicted octanol–water partition coefficient (Wildman–Crippen LogP) is 1.91. The van der Waals surface area contributed by atoms with Crippen LogP contribution in [0.15, 0.2) is 18.2 Å². The number of aromatic hydroxyl groups is 1. The average molecular weight is 269 g/mol. The quantitative estimate of drug-likeness (QED) is 0.660. The molecule has 0 unspecified atom stereocenters. The monoisotopic (exact) mass is 269 g/mol. The topological polar surface area (TPSA) is 86.6 Å². The zero-order chi connectivity index (χ0) is 14.3. The molecule has 1 rings (SSSR count). The fraction of sp³-hybridized carbons (Fsp3) is 0.385. The Morgan fingerprint density at radius 1 is 1.21 bits per heavy atom. The minimum Gasteiger partial charge on any atom is -0.507 e. The summed E-state index contributed by atoms with van der Waals surface area (Å²) in [5, 5.41) is 20.4. The van der Waals surface area contributed by atoms with E-state index < -0.39 is 17.7 Å². The Balaban J connectivity index is 2.31. The maximum atomic E-state index is 12.9. The van der Waals surface area contributed by atoms with Crippen molar-refractivity contribution in [1.82, 2.24) is 5.32 Å². The maximum Gasteiger partial charge on any atom is 0.303 e. The molecule has 104 valence electrons. The molecule has 0 fully saturated rings. The highest BCUT2D eigenvalue weighted by Gasteiger charge is 2.11. The molecule has 0 spiro atoms. The number of unbranched alkanes of at least 4 members (excludes halogenated alkanes) is 2. The van der Waals surface area contributed by atoms with Gasteiger partial charge in [0.05, 0.1) is 5.56 Å². The van der Waals surface area contributed by atoms with Crippen LogP contribution >= 0.6 is 0 Å². The van der Waals surface area contributed by atoms with Gasteiger partial charge in [-0.2, -0.15) is 0 Å². The number of hydrogen-bond acceptors (Lipinski definition) is 3. The number of carbonyl (C=O) groups excluding carboxylic acids is 1. The van der Waals surface area contributed by atoms with Crippen LogP contribution < -0.4 is 5.32 Å². The van der Waals surface area contributed by atoms with Crippen molar-refractivity contribution in [3.8, 4) is 5.75 Å². The van der Waals surface area contributed by atoms with E-state index in [0.29, 0.717) is 25.8 Å². The van der Waals surface area contributed by atoms with Gasteiger partial charge in [0.25, 0.3) is 5.91 Å². The Bertz CT molecular complexity index is 462. The number of amides is 1. The largest absolute Gasteiger partial charge is 0.507 e. The highest BCUT2D eigenvalue weighted by atomic mass is 19.1. The van der Waals surface area contributed by atoms with Crippen molar-refractivity contribution in [2.75, 3.05) is 6.54 Å². The lowest BCUT2D eigenvalue weighted by molar-refractivity contribution is -0.137. The molecule has 6 heteroatoms. The van der Waals surface area contributed by atoms with Crippen LogP contribution in [0, 0.1) is 5.82 Å². The van der Waals surface area contributed by atoms with Crippen LogP contribution in [-0.4, -0.2) is 28.6 Å². The molecule has 3 N–H and O–H groups in total. The number of rotatable bonds is 7. The highest BCUT2D eigenvalue weighted by molar-refractivity contribution is 5.96. The molecule has 0 aliphatic heterocycles. The number of nitrogens with one attached hydrogen (secondary N) is 1. The van der Waals surface area contributed by atoms with Crippen molar-refractivity contribution in [3.05, 3.63) is 29.6 Å². The van der Waals surface area contributed by atoms with Crippen LogP contribution in [0.1, 0.15) is 36.0 Å². The van der Waals surface area contributed by atoms with Gasteiger partial charge in [-0.3, -0.25) is 9.59 Å². The lowest BCUT2D eigenvalue weighted by Gasteiger charge is -2.06. The minimum absolute atomic E-state index is 0.106. The number of phenols is 1. The number of aliphatic carboxylic acids is 1. The van der Waals surface area contributed by atoms with E-state index in [0.717, 1.165) is 18.2 Å². The molecule has 0 saturated heterocycles. The molecule has 0 saturated carbocycles. The summed E-state index contributed by atoms with van der Waals surface area (Å²) in [4.78, 5) is 21.9. The van der Waals surface area contributed by atoms with Gasteiger partial charge in [0.15, 0.2) is 0 Å². The van der Waals surface area contributed by atoms with Gasteiger partial charge in [0, 0.05) is 13.0 Å². The molecule has 0 radical (unpaired) electrons. The van der Waals surface area contributed by atoms with Crippen LogP contribution in [0.3, 0.4) is 0 Å². The third-order valence-electron chi connectivity index (χ3n) is 2.56. The molecule has 1 aromatic carbocycles. The third kappa shape index (κ3) is 5.37. The van der Waals surface area contributed by atoms with Gasteiger partial charge in [-0.15, -0.1) is 0 Å². The van der Waals surface area contributed by atoms with Gasteiger partial charge >= 0.3 is 5.97 Å². The second-order valence-electron chi connectivity index (χ2n) is 4.12. The van der Waals surface area contributed by atoms with Gasteiger partial charge in [-0.05, 0) is 31.0 Å². The van der Waals surface area contributed by atoms with E-state index in [2.05, 4.69) is 5.32 Å². The van der Waals surface area contributed by atoms with Gasteiger partial charge < -0.3 is 15.5 Å². The second kappa shape index (κ2) is 7.35. The van der Waals surface area contributed by atoms with Crippen molar-refractivity contribution >= 4 is 11.9 Å². The van der Waals surface area contributed by atoms with E-state index in [9.17, 15) is 19.1 Å². The van der Waals surface area contributed by atoms with E-state index in [1.165, 1.54) is 0 Å². The molecule has 0 aromatic heterocycles. The first-order chi connectivity index (χ1) is 9.00. The lowest BCUT2D eigenvalue weighted by Crippen LogP contribution is -2.24. The minimum atomic E-state index is -0.839. The fourth-order valence-corrected chi connectivity index (χ4v) is 1.57. The molecule has 1 amide bonds. The lowest BCUT2D eigenvalue weighted by atomic mass is 10.1. The average Bonchev–Trinajstić information content (AvgIpc) is 2.36. The number of phenolic OH excluding ortho intramolecular Hbond substituents is 1. The third-order valence-corrected chi connectivity index (χ3v) is 2.56. The zero-order valence-electron chi connectivity index (χ0n) is 10.4. The van der Waals surface area contributed by atoms with E-state index in [1.807, 2.05) is 0 Å². The molecule has 1 aromatic rings. The SMILES string of the molecule is O=C(O)CCCCCNC(=O)c1cc(F)ccc1O. The van der Waals surface area contributed by atoms with Gasteiger partial charge in [-0.25, -0.2) is 4.39 Å². The Hall–Kier alpha value is -2.11. The van der Waals surface area contributed by atoms with E-state index in [1.54, 1.807) is 0 Å². The predicted molar refractivity (Wildman–Crippen MR) is 66.5 cm³/mol. The smallest absolute Gasteiger partial charge is 0.303 e. The number of benzene rings is 1. The molecular weight excluding hydrogens is 253 g/mol. The first kappa shape index (κ1) is 14.9. The maximum absolute atomic E-state index is 12.9. The van der Waals surface area contributed by atoms with Gasteiger partial charge in [0.2, 0.25) is 0 Å². The normalized spacial score (nSPS) is 10.2. The summed E-state index contributed by atoms with van der Waals surface area (Å²) in [7, 11) is 0. The number of carbonyl (C=O) groups is 2. The standard InChI is InChI=1S/C13H16FNO4/c14-9-5-6-11(16)10(8-9)13(19)15-7-3-1-2-4-12(17)18/h5-6,8,16H,1-4,7H2,(H,15,19)(H,17,18). The number of carboxylic acid groups (broad SMARTS) is 1. The van der Waals surface area contributed by atoms with Crippen molar-refractivity contribution in [3.63, 3.8) is 0 Å². The van der Waals surface area contributed by atoms with Gasteiger partial charge in [0.1, 0.15) is 11.6 Å². The fourth-order valence-electron chi connectivity index (χ4n) is 1.57. The number of carboxylic acids is 1. The Kier molecular flexibility index (Phi) is 5.78. The van der Waals surface area contributed by atoms with E-state index in [4.69, 9.17) is 5.11 Å². The molecule has 0 heterocycles. The summed E-state index contributed by atoms with van der Waals surface area (Å²) < 4.78 is 12.9. The first-order valence-corrected chi connectivity index (χ1v) is 5.99. The molecular formula is C13H16FNO4. The van der Waals surface area contributed by atoms with E-state index in [-0.39, 0.29) is 17.7 Å². The van der Waals surface area contributed by atoms with Gasteiger partial charge in [-0.1, -0.05) is 6.42 Å². The molecule has 0 aliphatic carbocycles. The van der Waals surface area contributed by atoms with Crippen molar-refractivity contribution in [2.45, 2.75) is 25.7 Å². The first-order valence-electron chi connectivity index (χ1n) is 5.99. The molecule has 5 nitrogen and oxygen atoms in total. The number of halogens is 1. The summed E-state index contributed by atoms with van der Waals surface area (Å²) in [5.41, 5.74) is -0.106. The van der Waals surface area contributed by atoms with Crippen molar-refractivity contribution in [2.24, 2.45) is 0 Å². The Morgan fingerprint density at radius 3 is 2.63 bits per heavy atom. The number of hydrogen-bond donors (Lipinski definition) is 3. The van der Waals surface area contributed by atoms with Crippen molar-refractivity contribution < 1.29 is 24.2 Å². The molecule has 0 aliphatic rings. The van der Waals surface area contributed by atoms with Crippen molar-refractivity contribution in [1.29, 1.82) is 0 Å². The van der Waals surface area contributed by atoms with Crippen LogP contribution in [0.2, 0.25) is 0 Å². The molecule has 19 heavy (non-hydrogen) atoms. The molecule has 0 atom stereocenters. The summed E-state index contributed by atoms with van der Waals surface area (Å²) in [5.74, 6) is -2.25. The summed E-state index contributed by atoms with van der Waals surface area (Å²) in [6.07, 6.45) is 1.98. The second-order valence-corrected chi connectivity index (χ2v) is 4.12. The summed E-state index contributed by atoms with van der Waals surface area (Å²) >= 11 is 0. The van der Waals surface area contributed by atoms with Crippen LogP contribution in [0.5, 0.6) is 5.75 Å². The highest BCUT2D eigenvalue weighted by Crippen LogP contribution is 2.17. The Morgan fingerprint density at radius 2 is 1.95 bits per heavy atom. The van der Waals surface area contributed by atoms with Crippen LogP contribution in [-0.2, 0) is 4.79 Å². The van der Waals surface area contributed by atoms with E-state index >= 15 is 0 Å². The summed E-state index contributed by atoms with van der Waals surface area (Å²) in [6.45, 7) is 0.356. The summed E-state index contributed by atoms with van der Waals surface area (Å²) in [6, 6.07) is 3.16. The van der Waals surface area contributed by atoms with Crippen LogP contribution in [0.4, 0.5) is 4.39 Å². The zero-order valence-corrected chi connectivity index (χ0v) is 10.4. The van der Waals surface area contributed by atoms with Crippen LogP contribution in [0.25, 0.3) is 0 Å². The Labute approximate surface area is 110 Å².